The monoisotopic (exact) mass is 493 g/mol. The minimum Gasteiger partial charge on any atom is -0.504 e. The van der Waals surface area contributed by atoms with Crippen LogP contribution in [0.3, 0.4) is 0 Å². The Morgan fingerprint density at radius 1 is 1.14 bits per heavy atom. The molecule has 0 bridgehead atoms. The van der Waals surface area contributed by atoms with Gasteiger partial charge in [-0.15, -0.1) is 0 Å². The number of aliphatic hydroxyl groups excluding tert-OH is 3. The van der Waals surface area contributed by atoms with Crippen LogP contribution in [0.1, 0.15) is 56.5 Å². The highest BCUT2D eigenvalue weighted by Gasteiger charge is 2.80. The summed E-state index contributed by atoms with van der Waals surface area (Å²) < 4.78 is 14.2. The summed E-state index contributed by atoms with van der Waals surface area (Å²) in [4.78, 5) is 39.5. The van der Waals surface area contributed by atoms with Gasteiger partial charge < -0.3 is 31.3 Å². The number of nitrogens with two attached hydrogens (primary N) is 1. The highest BCUT2D eigenvalue weighted by Crippen LogP contribution is 2.68. The van der Waals surface area contributed by atoms with Crippen molar-refractivity contribution in [2.75, 3.05) is 0 Å². The van der Waals surface area contributed by atoms with Crippen molar-refractivity contribution < 1.29 is 44.3 Å². The van der Waals surface area contributed by atoms with E-state index < -0.39 is 98.9 Å². The molecule has 2 fully saturated rings. The van der Waals surface area contributed by atoms with Crippen LogP contribution in [0.25, 0.3) is 0 Å². The number of hydrogen-bond acceptors (Lipinski definition) is 8. The van der Waals surface area contributed by atoms with Gasteiger partial charge >= 0.3 is 0 Å². The highest BCUT2D eigenvalue weighted by atomic mass is 19.1. The third kappa shape index (κ3) is 2.68. The van der Waals surface area contributed by atoms with Crippen molar-refractivity contribution in [3.63, 3.8) is 0 Å². The number of phenols is 1. The smallest absolute Gasteiger partial charge is 0.230 e. The van der Waals surface area contributed by atoms with Crippen molar-refractivity contribution >= 4 is 17.5 Å². The molecule has 3 aliphatic rings. The van der Waals surface area contributed by atoms with Crippen LogP contribution < -0.4 is 5.73 Å². The lowest BCUT2D eigenvalue weighted by atomic mass is 9.36. The zero-order valence-corrected chi connectivity index (χ0v) is 20.2. The molecule has 0 heterocycles. The maximum atomic E-state index is 14.2. The predicted molar refractivity (Wildman–Crippen MR) is 120 cm³/mol. The van der Waals surface area contributed by atoms with Gasteiger partial charge in [-0.1, -0.05) is 40.7 Å². The van der Waals surface area contributed by atoms with Crippen LogP contribution >= 0.6 is 0 Å². The maximum absolute atomic E-state index is 14.2. The summed E-state index contributed by atoms with van der Waals surface area (Å²) in [6, 6.07) is 2.31. The third-order valence-corrected chi connectivity index (χ3v) is 9.57. The summed E-state index contributed by atoms with van der Waals surface area (Å²) in [7, 11) is 0. The van der Waals surface area contributed by atoms with E-state index in [4.69, 9.17) is 5.73 Å². The second-order valence-corrected chi connectivity index (χ2v) is 11.2. The molecule has 2 saturated carbocycles. The first kappa shape index (κ1) is 25.7. The molecule has 35 heavy (non-hydrogen) atoms. The van der Waals surface area contributed by atoms with E-state index in [9.17, 15) is 44.3 Å². The van der Waals surface area contributed by atoms with Gasteiger partial charge in [-0.05, 0) is 29.4 Å². The zero-order valence-electron chi connectivity index (χ0n) is 20.2. The van der Waals surface area contributed by atoms with Crippen molar-refractivity contribution in [3.05, 3.63) is 29.1 Å². The van der Waals surface area contributed by atoms with E-state index in [2.05, 4.69) is 0 Å². The van der Waals surface area contributed by atoms with Crippen molar-refractivity contribution in [1.29, 1.82) is 0 Å². The molecular formula is C25H32FNO8. The second-order valence-electron chi connectivity index (χ2n) is 11.2. The molecule has 10 heteroatoms. The Hall–Kier alpha value is -2.40. The van der Waals surface area contributed by atoms with Crippen LogP contribution in [0.15, 0.2) is 12.1 Å². The number of Topliss-reactive ketones (excluding diaryl/α,β-unsaturated/α-hetero) is 2. The lowest BCUT2D eigenvalue weighted by Gasteiger charge is -2.69. The SMILES string of the molecule is CC(C)[C@H]1C(O)C(C(N)=O)C(=O)[C@]2(O)C(O)C3C(=O)c4c(ccc(F)c4O)[C@@H](C)[C@]3(C)[C@@H](O)[C@]12C. The Balaban J connectivity index is 2.06. The van der Waals surface area contributed by atoms with E-state index in [1.54, 1.807) is 20.8 Å². The summed E-state index contributed by atoms with van der Waals surface area (Å²) in [6.45, 7) is 7.87. The Bertz CT molecular complexity index is 1140. The van der Waals surface area contributed by atoms with Crippen LogP contribution in [0.2, 0.25) is 0 Å². The minimum absolute atomic E-state index is 0.242. The Kier molecular flexibility index (Phi) is 5.54. The van der Waals surface area contributed by atoms with Gasteiger partial charge in [0.05, 0.1) is 23.7 Å². The Labute approximate surface area is 201 Å². The molecule has 4 rings (SSSR count). The summed E-state index contributed by atoms with van der Waals surface area (Å²) in [5.41, 5.74) is -1.04. The fourth-order valence-electron chi connectivity index (χ4n) is 7.73. The van der Waals surface area contributed by atoms with Gasteiger partial charge in [-0.2, -0.15) is 0 Å². The molecule has 4 unspecified atom stereocenters. The van der Waals surface area contributed by atoms with Gasteiger partial charge in [0, 0.05) is 10.8 Å². The molecule has 0 radical (unpaired) electrons. The number of amides is 1. The van der Waals surface area contributed by atoms with E-state index in [1.165, 1.54) is 19.9 Å². The number of carbonyl (C=O) groups is 3. The van der Waals surface area contributed by atoms with Crippen LogP contribution in [0, 0.1) is 40.3 Å². The number of ketones is 2. The first-order chi connectivity index (χ1) is 16.0. The molecule has 0 aromatic heterocycles. The molecule has 0 saturated heterocycles. The molecule has 0 aliphatic heterocycles. The molecule has 192 valence electrons. The fourth-order valence-corrected chi connectivity index (χ4v) is 7.73. The predicted octanol–water partition coefficient (Wildman–Crippen LogP) is 0.244. The average molecular weight is 494 g/mol. The van der Waals surface area contributed by atoms with E-state index >= 15 is 0 Å². The molecule has 1 amide bonds. The van der Waals surface area contributed by atoms with Crippen molar-refractivity contribution in [1.82, 2.24) is 0 Å². The Morgan fingerprint density at radius 2 is 1.71 bits per heavy atom. The number of hydrogen-bond donors (Lipinski definition) is 6. The van der Waals surface area contributed by atoms with Crippen molar-refractivity contribution in [2.45, 2.75) is 64.4 Å². The number of primary amides is 1. The number of halogens is 1. The van der Waals surface area contributed by atoms with Gasteiger partial charge in [-0.25, -0.2) is 4.39 Å². The van der Waals surface area contributed by atoms with E-state index in [0.717, 1.165) is 6.07 Å². The molecule has 7 N–H and O–H groups in total. The molecule has 0 spiro atoms. The number of fused-ring (bicyclic) bond motifs is 3. The van der Waals surface area contributed by atoms with Gasteiger partial charge in [-0.3, -0.25) is 14.4 Å². The number of aliphatic hydroxyl groups is 4. The summed E-state index contributed by atoms with van der Waals surface area (Å²) in [5, 5.41) is 57.1. The number of aromatic hydroxyl groups is 1. The zero-order chi connectivity index (χ0) is 26.6. The lowest BCUT2D eigenvalue weighted by molar-refractivity contribution is -0.306. The molecule has 9 nitrogen and oxygen atoms in total. The number of rotatable bonds is 2. The molecule has 1 aromatic carbocycles. The quantitative estimate of drug-likeness (QED) is 0.317. The summed E-state index contributed by atoms with van der Waals surface area (Å²) in [5.74, 6) is -11.3. The van der Waals surface area contributed by atoms with E-state index in [1.807, 2.05) is 0 Å². The van der Waals surface area contributed by atoms with Gasteiger partial charge in [0.1, 0.15) is 12.0 Å². The average Bonchev–Trinajstić information content (AvgIpc) is 2.75. The van der Waals surface area contributed by atoms with E-state index in [-0.39, 0.29) is 5.56 Å². The topological polar surface area (TPSA) is 178 Å². The first-order valence-electron chi connectivity index (χ1n) is 11.7. The first-order valence-corrected chi connectivity index (χ1v) is 11.7. The minimum atomic E-state index is -2.86. The number of carbonyl (C=O) groups excluding carboxylic acids is 3. The van der Waals surface area contributed by atoms with Gasteiger partial charge in [0.25, 0.3) is 0 Å². The normalized spacial score (nSPS) is 45.1. The molecule has 10 atom stereocenters. The second kappa shape index (κ2) is 7.55. The molecule has 3 aliphatic carbocycles. The van der Waals surface area contributed by atoms with Crippen molar-refractivity contribution in [2.24, 2.45) is 40.2 Å². The van der Waals surface area contributed by atoms with Crippen LogP contribution in [-0.4, -0.2) is 66.9 Å². The van der Waals surface area contributed by atoms with Gasteiger partial charge in [0.2, 0.25) is 5.91 Å². The fraction of sp³-hybridized carbons (Fsp3) is 0.640. The lowest BCUT2D eigenvalue weighted by Crippen LogP contribution is -2.83. The largest absolute Gasteiger partial charge is 0.504 e. The standard InChI is InChI=1S/C25H32FNO8/c1-8(2)14-18(30)13(21(27)33)19(31)25(35)20(32)15-17(29)12-10(6-7-11(26)16(12)28)9(3)23(15,4)22(34)24(14,25)5/h6-9,13-15,18,20,22,28,30,32,34-35H,1-5H3,(H2,27,33)/t9-,13?,14+,15?,18?,20?,22-,23+,24+,25+/m1/s1. The maximum Gasteiger partial charge on any atom is 0.230 e. The molecular weight excluding hydrogens is 461 g/mol. The number of benzene rings is 1. The van der Waals surface area contributed by atoms with Crippen LogP contribution in [-0.2, 0) is 9.59 Å². The summed E-state index contributed by atoms with van der Waals surface area (Å²) in [6.07, 6.45) is -5.48. The van der Waals surface area contributed by atoms with Gasteiger partial charge in [0.15, 0.2) is 28.7 Å². The van der Waals surface area contributed by atoms with Crippen LogP contribution in [0.5, 0.6) is 5.75 Å². The Morgan fingerprint density at radius 3 is 2.23 bits per heavy atom. The highest BCUT2D eigenvalue weighted by molar-refractivity contribution is 6.09. The summed E-state index contributed by atoms with van der Waals surface area (Å²) >= 11 is 0. The molecule has 1 aromatic rings. The van der Waals surface area contributed by atoms with Crippen molar-refractivity contribution in [3.8, 4) is 5.75 Å². The third-order valence-electron chi connectivity index (χ3n) is 9.57. The number of phenolic OH excluding ortho intramolecular Hbond substituents is 1. The van der Waals surface area contributed by atoms with Crippen LogP contribution in [0.4, 0.5) is 4.39 Å². The van der Waals surface area contributed by atoms with E-state index in [0.29, 0.717) is 0 Å².